The largest absolute Gasteiger partial charge is 0.347 e. The summed E-state index contributed by atoms with van der Waals surface area (Å²) in [4.78, 5) is 12.0. The van der Waals surface area contributed by atoms with Crippen LogP contribution in [0.5, 0.6) is 0 Å². The lowest BCUT2D eigenvalue weighted by Crippen LogP contribution is -2.37. The van der Waals surface area contributed by atoms with Crippen molar-refractivity contribution in [2.45, 2.75) is 12.6 Å². The molecule has 0 bridgehead atoms. The van der Waals surface area contributed by atoms with Gasteiger partial charge in [-0.1, -0.05) is 15.9 Å². The molecule has 0 spiro atoms. The van der Waals surface area contributed by atoms with Crippen LogP contribution in [0.2, 0.25) is 0 Å². The molecule has 5 nitrogen and oxygen atoms in total. The number of fused-ring (bicyclic) bond motifs is 1. The van der Waals surface area contributed by atoms with Gasteiger partial charge in [0.1, 0.15) is 6.54 Å². The zero-order valence-corrected chi connectivity index (χ0v) is 13.4. The molecule has 3 rings (SSSR count). The third kappa shape index (κ3) is 3.19. The predicted molar refractivity (Wildman–Crippen MR) is 84.5 cm³/mol. The zero-order chi connectivity index (χ0) is 15.0. The van der Waals surface area contributed by atoms with Crippen LogP contribution >= 0.6 is 15.9 Å². The molecule has 110 valence electrons. The summed E-state index contributed by atoms with van der Waals surface area (Å²) in [6.45, 7) is 0.162. The van der Waals surface area contributed by atoms with E-state index in [1.165, 1.54) is 6.08 Å². The number of rotatable bonds is 3. The van der Waals surface area contributed by atoms with E-state index in [-0.39, 0.29) is 18.2 Å². The molecule has 0 saturated carbocycles. The van der Waals surface area contributed by atoms with Gasteiger partial charge in [0.2, 0.25) is 5.91 Å². The molecule has 1 atom stereocenters. The van der Waals surface area contributed by atoms with Gasteiger partial charge >= 0.3 is 0 Å². The van der Waals surface area contributed by atoms with Crippen LogP contribution in [0.4, 0.5) is 0 Å². The summed E-state index contributed by atoms with van der Waals surface area (Å²) in [6.07, 6.45) is 3.36. The normalized spacial score (nSPS) is 20.0. The fourth-order valence-corrected chi connectivity index (χ4v) is 4.00. The minimum absolute atomic E-state index is 0.0574. The standard InChI is InChI=1S/C14H13BrN2O3S/c15-11-1-2-13-10(7-11)3-5-17(13)8-14(18)16-12-4-6-21(19,20)9-12/h1-7,12H,8-9H2,(H,16,18)/t12-/m1/s1. The maximum atomic E-state index is 12.0. The van der Waals surface area contributed by atoms with Crippen molar-refractivity contribution < 1.29 is 13.2 Å². The van der Waals surface area contributed by atoms with E-state index >= 15 is 0 Å². The van der Waals surface area contributed by atoms with Gasteiger partial charge in [-0.3, -0.25) is 4.79 Å². The minimum Gasteiger partial charge on any atom is -0.347 e. The van der Waals surface area contributed by atoms with Crippen molar-refractivity contribution in [1.29, 1.82) is 0 Å². The average Bonchev–Trinajstić information content (AvgIpc) is 2.93. The first-order valence-electron chi connectivity index (χ1n) is 6.38. The SMILES string of the molecule is O=C(Cn1ccc2cc(Br)ccc21)N[C@@H]1C=CS(=O)(=O)C1. The summed E-state index contributed by atoms with van der Waals surface area (Å²) < 4.78 is 25.4. The third-order valence-electron chi connectivity index (χ3n) is 3.32. The minimum atomic E-state index is -3.15. The molecule has 7 heteroatoms. The van der Waals surface area contributed by atoms with Crippen molar-refractivity contribution in [2.75, 3.05) is 5.75 Å². The molecule has 2 heterocycles. The van der Waals surface area contributed by atoms with Gasteiger partial charge in [0.25, 0.3) is 0 Å². The molecule has 1 N–H and O–H groups in total. The summed E-state index contributed by atoms with van der Waals surface area (Å²) in [5, 5.41) is 4.91. The van der Waals surface area contributed by atoms with Gasteiger partial charge in [0.15, 0.2) is 9.84 Å². The van der Waals surface area contributed by atoms with E-state index in [1.54, 1.807) is 0 Å². The van der Waals surface area contributed by atoms with E-state index in [0.717, 1.165) is 20.8 Å². The van der Waals surface area contributed by atoms with Crippen molar-refractivity contribution in [3.05, 3.63) is 46.4 Å². The highest BCUT2D eigenvalue weighted by Gasteiger charge is 2.23. The number of carbonyl (C=O) groups is 1. The Morgan fingerprint density at radius 1 is 1.38 bits per heavy atom. The van der Waals surface area contributed by atoms with Gasteiger partial charge in [-0.2, -0.15) is 0 Å². The molecule has 1 aliphatic heterocycles. The van der Waals surface area contributed by atoms with Gasteiger partial charge in [0, 0.05) is 27.0 Å². The van der Waals surface area contributed by atoms with Crippen LogP contribution in [0.25, 0.3) is 10.9 Å². The van der Waals surface area contributed by atoms with Crippen LogP contribution in [0.1, 0.15) is 0 Å². The molecule has 1 amide bonds. The number of halogens is 1. The number of amides is 1. The van der Waals surface area contributed by atoms with E-state index in [2.05, 4.69) is 21.2 Å². The van der Waals surface area contributed by atoms with E-state index < -0.39 is 15.9 Å². The summed E-state index contributed by atoms with van der Waals surface area (Å²) in [5.74, 6) is -0.264. The fourth-order valence-electron chi connectivity index (χ4n) is 2.38. The van der Waals surface area contributed by atoms with Gasteiger partial charge in [-0.25, -0.2) is 8.42 Å². The van der Waals surface area contributed by atoms with Crippen LogP contribution in [0.15, 0.2) is 46.4 Å². The second-order valence-corrected chi connectivity index (χ2v) is 7.83. The van der Waals surface area contributed by atoms with Crippen LogP contribution in [0, 0.1) is 0 Å². The molecule has 2 aromatic rings. The number of nitrogens with one attached hydrogen (secondary N) is 1. The number of nitrogens with zero attached hydrogens (tertiary/aromatic N) is 1. The Morgan fingerprint density at radius 3 is 2.90 bits per heavy atom. The summed E-state index contributed by atoms with van der Waals surface area (Å²) in [6, 6.07) is 7.34. The Bertz CT molecular complexity index is 839. The smallest absolute Gasteiger partial charge is 0.240 e. The van der Waals surface area contributed by atoms with Crippen molar-refractivity contribution in [1.82, 2.24) is 9.88 Å². The number of hydrogen-bond acceptors (Lipinski definition) is 3. The zero-order valence-electron chi connectivity index (χ0n) is 11.0. The topological polar surface area (TPSA) is 68.2 Å². The molecular weight excluding hydrogens is 356 g/mol. The molecule has 1 aromatic carbocycles. The van der Waals surface area contributed by atoms with Crippen LogP contribution < -0.4 is 5.32 Å². The first kappa shape index (κ1) is 14.3. The van der Waals surface area contributed by atoms with Gasteiger partial charge in [-0.15, -0.1) is 0 Å². The molecule has 0 unspecified atom stereocenters. The Kier molecular flexibility index (Phi) is 3.62. The highest BCUT2D eigenvalue weighted by atomic mass is 79.9. The number of hydrogen-bond donors (Lipinski definition) is 1. The molecular formula is C14H13BrN2O3S. The second-order valence-electron chi connectivity index (χ2n) is 4.98. The number of aromatic nitrogens is 1. The molecule has 0 saturated heterocycles. The lowest BCUT2D eigenvalue weighted by atomic mass is 10.2. The number of benzene rings is 1. The first-order valence-corrected chi connectivity index (χ1v) is 8.88. The van der Waals surface area contributed by atoms with Crippen molar-refractivity contribution in [2.24, 2.45) is 0 Å². The highest BCUT2D eigenvalue weighted by molar-refractivity contribution is 9.10. The average molecular weight is 369 g/mol. The van der Waals surface area contributed by atoms with E-state index in [1.807, 2.05) is 35.0 Å². The van der Waals surface area contributed by atoms with Gasteiger partial charge < -0.3 is 9.88 Å². The number of sulfone groups is 1. The second kappa shape index (κ2) is 5.31. The molecule has 0 radical (unpaired) electrons. The first-order chi connectivity index (χ1) is 9.93. The maximum absolute atomic E-state index is 12.0. The van der Waals surface area contributed by atoms with Crippen LogP contribution in [0.3, 0.4) is 0 Å². The van der Waals surface area contributed by atoms with Crippen LogP contribution in [-0.4, -0.2) is 30.7 Å². The lowest BCUT2D eigenvalue weighted by Gasteiger charge is -2.11. The van der Waals surface area contributed by atoms with Gasteiger partial charge in [0.05, 0.1) is 11.8 Å². The molecule has 0 aliphatic carbocycles. The van der Waals surface area contributed by atoms with E-state index in [4.69, 9.17) is 0 Å². The third-order valence-corrected chi connectivity index (χ3v) is 5.21. The molecule has 1 aliphatic rings. The summed E-state index contributed by atoms with van der Waals surface area (Å²) in [7, 11) is -3.15. The van der Waals surface area contributed by atoms with Gasteiger partial charge in [-0.05, 0) is 30.3 Å². The maximum Gasteiger partial charge on any atom is 0.240 e. The molecule has 21 heavy (non-hydrogen) atoms. The predicted octanol–water partition coefficient (Wildman–Crippen LogP) is 1.83. The quantitative estimate of drug-likeness (QED) is 0.898. The molecule has 0 fully saturated rings. The van der Waals surface area contributed by atoms with Crippen molar-refractivity contribution in [3.63, 3.8) is 0 Å². The Labute approximate surface area is 130 Å². The van der Waals surface area contributed by atoms with E-state index in [0.29, 0.717) is 0 Å². The summed E-state index contributed by atoms with van der Waals surface area (Å²) in [5.41, 5.74) is 0.961. The van der Waals surface area contributed by atoms with E-state index in [9.17, 15) is 13.2 Å². The van der Waals surface area contributed by atoms with Crippen molar-refractivity contribution >= 4 is 42.6 Å². The monoisotopic (exact) mass is 368 g/mol. The Morgan fingerprint density at radius 2 is 2.19 bits per heavy atom. The molecule has 1 aromatic heterocycles. The van der Waals surface area contributed by atoms with Crippen molar-refractivity contribution in [3.8, 4) is 0 Å². The summed E-state index contributed by atoms with van der Waals surface area (Å²) >= 11 is 3.41. The highest BCUT2D eigenvalue weighted by Crippen LogP contribution is 2.20. The number of carbonyl (C=O) groups excluding carboxylic acids is 1. The fraction of sp³-hybridized carbons (Fsp3) is 0.214. The Balaban J connectivity index is 1.71. The Hall–Kier alpha value is -1.60. The lowest BCUT2D eigenvalue weighted by molar-refractivity contribution is -0.121. The van der Waals surface area contributed by atoms with Crippen LogP contribution in [-0.2, 0) is 21.2 Å².